The number of carbonyl (C=O) groups is 4. The summed E-state index contributed by atoms with van der Waals surface area (Å²) in [4.78, 5) is 64.9. The van der Waals surface area contributed by atoms with Crippen LogP contribution in [0.4, 0.5) is 18.0 Å². The molecule has 68 heavy (non-hydrogen) atoms. The number of aromatic nitrogens is 1. The summed E-state index contributed by atoms with van der Waals surface area (Å²) in [5.41, 5.74) is -5.30. The van der Waals surface area contributed by atoms with Gasteiger partial charge in [0.15, 0.2) is 11.4 Å². The van der Waals surface area contributed by atoms with E-state index in [1.807, 2.05) is 6.08 Å². The molecule has 2 aromatic rings. The van der Waals surface area contributed by atoms with Crippen molar-refractivity contribution in [2.24, 2.45) is 5.92 Å². The van der Waals surface area contributed by atoms with E-state index in [4.69, 9.17) is 18.9 Å². The number of hydrogen-bond donors (Lipinski definition) is 3. The van der Waals surface area contributed by atoms with Crippen LogP contribution in [0, 0.1) is 5.92 Å². The van der Waals surface area contributed by atoms with Crippen molar-refractivity contribution in [2.75, 3.05) is 39.5 Å². The molecule has 376 valence electrons. The minimum atomic E-state index is -4.96. The van der Waals surface area contributed by atoms with Crippen molar-refractivity contribution in [1.82, 2.24) is 30.1 Å². The number of benzene rings is 1. The first kappa shape index (κ1) is 51.2. The molecule has 5 aliphatic rings. The second-order valence-electron chi connectivity index (χ2n) is 20.7. The summed E-state index contributed by atoms with van der Waals surface area (Å²) in [6.07, 6.45) is 1.50. The Kier molecular flexibility index (Phi) is 14.7. The van der Waals surface area contributed by atoms with Crippen LogP contribution < -0.4 is 24.8 Å². The zero-order valence-electron chi connectivity index (χ0n) is 40.2. The Labute approximate surface area is 396 Å². The topological polar surface area (TPSA) is 195 Å². The van der Waals surface area contributed by atoms with Crippen molar-refractivity contribution in [2.45, 2.75) is 165 Å². The van der Waals surface area contributed by atoms with E-state index in [1.54, 1.807) is 45.9 Å². The lowest BCUT2D eigenvalue weighted by Gasteiger charge is -2.37. The van der Waals surface area contributed by atoms with E-state index in [2.05, 4.69) is 32.2 Å². The first-order valence-electron chi connectivity index (χ1n) is 23.9. The number of amides is 4. The molecule has 2 saturated heterocycles. The third kappa shape index (κ3) is 11.3. The lowest BCUT2D eigenvalue weighted by molar-refractivity contribution is -0.144. The van der Waals surface area contributed by atoms with Crippen molar-refractivity contribution < 1.29 is 59.7 Å². The molecule has 1 saturated carbocycles. The van der Waals surface area contributed by atoms with Gasteiger partial charge in [-0.25, -0.2) is 18.2 Å². The van der Waals surface area contributed by atoms with Gasteiger partial charge in [-0.3, -0.25) is 24.0 Å². The summed E-state index contributed by atoms with van der Waals surface area (Å²) in [6.45, 7) is 14.7. The summed E-state index contributed by atoms with van der Waals surface area (Å²) in [7, 11) is -4.16. The normalized spacial score (nSPS) is 28.2. The Balaban J connectivity index is 1.24. The van der Waals surface area contributed by atoms with Gasteiger partial charge in [-0.1, -0.05) is 31.9 Å². The zero-order chi connectivity index (χ0) is 49.5. The second-order valence-corrected chi connectivity index (χ2v) is 22.9. The average Bonchev–Trinajstić information content (AvgIpc) is 3.93. The average molecular weight is 977 g/mol. The number of hydrogen-bond acceptors (Lipinski definition) is 12. The van der Waals surface area contributed by atoms with Gasteiger partial charge >= 0.3 is 12.3 Å². The molecule has 0 bridgehead atoms. The van der Waals surface area contributed by atoms with Gasteiger partial charge in [0.2, 0.25) is 21.8 Å². The molecule has 1 aliphatic carbocycles. The molecule has 1 aromatic heterocycles. The summed E-state index contributed by atoms with van der Waals surface area (Å²) in [5.74, 6) is -3.38. The standard InChI is InChI=1S/C48H67F3N6O10S/c1-30-13-11-9-8-10-12-14-36(53-43(61)67-44(3,4)5)41(59)57-29-47(28-37(57)40(58)54-46(30,7)42(60)55-68(62,63)45(6)20-21-45)19-17-33-34-27-32(65-24-18-31(2)56-22-25-64-26-23-56)15-16-35(34)52-39(38(33)66-47)48(49,50)51/h11,13,15-16,27,30-31,36-37H,8-10,12,14,17-26,28-29H2,1-7H3,(H,53,61)(H,54,58)(H,55,60)/b13-11-/t30-,31?,36-,37-,46+,47+/m0/s1. The Morgan fingerprint density at radius 3 is 2.46 bits per heavy atom. The van der Waals surface area contributed by atoms with E-state index < -0.39 is 90.9 Å². The number of alkyl halides is 3. The maximum Gasteiger partial charge on any atom is 0.437 e. The van der Waals surface area contributed by atoms with Gasteiger partial charge in [0.25, 0.3) is 5.91 Å². The van der Waals surface area contributed by atoms with Crippen molar-refractivity contribution in [3.63, 3.8) is 0 Å². The zero-order valence-corrected chi connectivity index (χ0v) is 41.0. The molecule has 1 aromatic carbocycles. The number of pyridine rings is 1. The van der Waals surface area contributed by atoms with Crippen LogP contribution in [0.15, 0.2) is 30.4 Å². The number of nitrogens with zero attached hydrogens (tertiary/aromatic N) is 3. The van der Waals surface area contributed by atoms with Gasteiger partial charge in [0.1, 0.15) is 34.6 Å². The van der Waals surface area contributed by atoms with Crippen molar-refractivity contribution in [1.29, 1.82) is 0 Å². The molecule has 20 heteroatoms. The number of aryl methyl sites for hydroxylation is 1. The number of morpholine rings is 1. The minimum absolute atomic E-state index is 0.0451. The summed E-state index contributed by atoms with van der Waals surface area (Å²) < 4.78 is 96.7. The molecule has 5 heterocycles. The number of nitrogens with one attached hydrogen (secondary N) is 3. The molecule has 6 atom stereocenters. The van der Waals surface area contributed by atoms with Gasteiger partial charge in [-0.15, -0.1) is 0 Å². The molecule has 7 rings (SSSR count). The monoisotopic (exact) mass is 976 g/mol. The molecule has 1 spiro atoms. The van der Waals surface area contributed by atoms with Crippen molar-refractivity contribution >= 4 is 44.7 Å². The maximum absolute atomic E-state index is 15.1. The molecule has 3 N–H and O–H groups in total. The Morgan fingerprint density at radius 2 is 1.78 bits per heavy atom. The first-order chi connectivity index (χ1) is 31.8. The highest BCUT2D eigenvalue weighted by Crippen LogP contribution is 2.49. The highest BCUT2D eigenvalue weighted by Gasteiger charge is 2.57. The Hall–Kier alpha value is -4.69. The van der Waals surface area contributed by atoms with Crippen LogP contribution in [0.1, 0.15) is 124 Å². The van der Waals surface area contributed by atoms with Gasteiger partial charge in [0, 0.05) is 42.4 Å². The van der Waals surface area contributed by atoms with Gasteiger partial charge in [-0.2, -0.15) is 13.2 Å². The lowest BCUT2D eigenvalue weighted by Crippen LogP contribution is -2.64. The van der Waals surface area contributed by atoms with Crippen molar-refractivity contribution in [3.05, 3.63) is 41.6 Å². The van der Waals surface area contributed by atoms with E-state index in [-0.39, 0.29) is 49.4 Å². The fourth-order valence-electron chi connectivity index (χ4n) is 9.47. The number of alkyl carbamates (subject to hydrolysis) is 1. The molecule has 1 unspecified atom stereocenters. The molecule has 3 fully saturated rings. The fourth-order valence-corrected chi connectivity index (χ4v) is 10.8. The van der Waals surface area contributed by atoms with Crippen LogP contribution >= 0.6 is 0 Å². The predicted octanol–water partition coefficient (Wildman–Crippen LogP) is 6.33. The van der Waals surface area contributed by atoms with Gasteiger partial charge in [0.05, 0.1) is 36.6 Å². The quantitative estimate of drug-likeness (QED) is 0.237. The Morgan fingerprint density at radius 1 is 1.06 bits per heavy atom. The largest absolute Gasteiger partial charge is 0.494 e. The molecular formula is C48H67F3N6O10S. The predicted molar refractivity (Wildman–Crippen MR) is 246 cm³/mol. The summed E-state index contributed by atoms with van der Waals surface area (Å²) in [6, 6.07) is 2.31. The van der Waals surface area contributed by atoms with E-state index >= 15 is 13.2 Å². The number of rotatable bonds is 9. The lowest BCUT2D eigenvalue weighted by atomic mass is 9.84. The summed E-state index contributed by atoms with van der Waals surface area (Å²) in [5, 5.41) is 5.88. The van der Waals surface area contributed by atoms with E-state index in [1.165, 1.54) is 24.8 Å². The third-order valence-electron chi connectivity index (χ3n) is 14.3. The first-order valence-corrected chi connectivity index (χ1v) is 25.3. The maximum atomic E-state index is 15.1. The van der Waals surface area contributed by atoms with E-state index in [0.717, 1.165) is 13.1 Å². The number of carbonyl (C=O) groups excluding carboxylic acids is 4. The molecule has 4 aliphatic heterocycles. The molecule has 16 nitrogen and oxygen atoms in total. The second kappa shape index (κ2) is 19.6. The van der Waals surface area contributed by atoms with Crippen LogP contribution in [0.25, 0.3) is 10.9 Å². The highest BCUT2D eigenvalue weighted by molar-refractivity contribution is 7.91. The van der Waals surface area contributed by atoms with Crippen LogP contribution in [0.2, 0.25) is 0 Å². The number of fused-ring (bicyclic) bond motifs is 4. The number of halogens is 3. The smallest absolute Gasteiger partial charge is 0.437 e. The fraction of sp³-hybridized carbons (Fsp3) is 0.688. The molecule has 0 radical (unpaired) electrons. The number of ether oxygens (including phenoxy) is 4. The summed E-state index contributed by atoms with van der Waals surface area (Å²) >= 11 is 0. The van der Waals surface area contributed by atoms with Gasteiger partial charge < -0.3 is 34.5 Å². The highest BCUT2D eigenvalue weighted by atomic mass is 32.2. The van der Waals surface area contributed by atoms with Crippen LogP contribution in [-0.4, -0.2) is 126 Å². The third-order valence-corrected chi connectivity index (χ3v) is 16.4. The minimum Gasteiger partial charge on any atom is -0.494 e. The Bertz CT molecular complexity index is 2380. The van der Waals surface area contributed by atoms with E-state index in [0.29, 0.717) is 75.9 Å². The number of allylic oxidation sites excluding steroid dienone is 1. The molecular weight excluding hydrogens is 910 g/mol. The van der Waals surface area contributed by atoms with E-state index in [9.17, 15) is 27.6 Å². The van der Waals surface area contributed by atoms with Crippen LogP contribution in [0.3, 0.4) is 0 Å². The molecule has 4 amide bonds. The van der Waals surface area contributed by atoms with Crippen LogP contribution in [0.5, 0.6) is 11.5 Å². The SMILES string of the molecule is CC(CCOc1ccc2nc(C(F)(F)F)c3c(c2c1)CC[C@]1(C[C@H]2C(=O)N[C@@](C)(C(=O)NS(=O)(=O)C4(C)CC4)[C@@H](C)/C=C\CCCCC[C@H](NC(=O)OC(C)(C)C)C(=O)N2C1)O3)N1CCOCC1. The van der Waals surface area contributed by atoms with Gasteiger partial charge in [-0.05, 0) is 111 Å². The number of sulfonamides is 1. The van der Waals surface area contributed by atoms with Crippen molar-refractivity contribution in [3.8, 4) is 11.5 Å². The van der Waals surface area contributed by atoms with Crippen LogP contribution in [-0.2, 0) is 46.5 Å².